The highest BCUT2D eigenvalue weighted by molar-refractivity contribution is 8.00. The maximum Gasteiger partial charge on any atom is 0.409 e. The van der Waals surface area contributed by atoms with Crippen LogP contribution in [0.3, 0.4) is 0 Å². The standard InChI is InChI=1S/C12H19N3O4S/c1-2-19-12(18)14-5-3-13(4-6-14)10(16)7-15-9-20-8-11(15)17/h2-9H2,1H3. The second-order valence-electron chi connectivity index (χ2n) is 4.64. The van der Waals surface area contributed by atoms with Crippen LogP contribution in [0.25, 0.3) is 0 Å². The van der Waals surface area contributed by atoms with Crippen LogP contribution in [0.15, 0.2) is 0 Å². The lowest BCUT2D eigenvalue weighted by molar-refractivity contribution is -0.139. The number of nitrogens with zero attached hydrogens (tertiary/aromatic N) is 3. The first-order valence-electron chi connectivity index (χ1n) is 6.66. The van der Waals surface area contributed by atoms with Gasteiger partial charge >= 0.3 is 6.09 Å². The lowest BCUT2D eigenvalue weighted by Gasteiger charge is -2.34. The quantitative estimate of drug-likeness (QED) is 0.723. The van der Waals surface area contributed by atoms with Crippen LogP contribution in [0.5, 0.6) is 0 Å². The summed E-state index contributed by atoms with van der Waals surface area (Å²) in [5.41, 5.74) is 0. The van der Waals surface area contributed by atoms with E-state index in [-0.39, 0.29) is 24.5 Å². The van der Waals surface area contributed by atoms with Gasteiger partial charge in [0, 0.05) is 26.2 Å². The molecular weight excluding hydrogens is 282 g/mol. The van der Waals surface area contributed by atoms with Crippen molar-refractivity contribution in [3.63, 3.8) is 0 Å². The molecule has 2 heterocycles. The number of piperazine rings is 1. The molecule has 0 unspecified atom stereocenters. The molecule has 0 aromatic carbocycles. The van der Waals surface area contributed by atoms with Crippen molar-refractivity contribution in [2.75, 3.05) is 51.0 Å². The summed E-state index contributed by atoms with van der Waals surface area (Å²) in [7, 11) is 0. The number of thioether (sulfide) groups is 1. The Labute approximate surface area is 122 Å². The van der Waals surface area contributed by atoms with E-state index in [4.69, 9.17) is 4.74 Å². The van der Waals surface area contributed by atoms with E-state index in [1.54, 1.807) is 21.6 Å². The lowest BCUT2D eigenvalue weighted by atomic mass is 10.3. The zero-order valence-electron chi connectivity index (χ0n) is 11.5. The summed E-state index contributed by atoms with van der Waals surface area (Å²) in [6.45, 7) is 4.21. The van der Waals surface area contributed by atoms with E-state index in [0.29, 0.717) is 44.4 Å². The fourth-order valence-electron chi connectivity index (χ4n) is 2.16. The predicted molar refractivity (Wildman–Crippen MR) is 74.2 cm³/mol. The zero-order valence-corrected chi connectivity index (χ0v) is 12.4. The van der Waals surface area contributed by atoms with E-state index in [9.17, 15) is 14.4 Å². The first-order valence-corrected chi connectivity index (χ1v) is 7.82. The average molecular weight is 301 g/mol. The fourth-order valence-corrected chi connectivity index (χ4v) is 3.06. The van der Waals surface area contributed by atoms with Gasteiger partial charge in [-0.2, -0.15) is 0 Å². The van der Waals surface area contributed by atoms with Crippen LogP contribution in [0.1, 0.15) is 6.92 Å². The molecule has 0 aromatic rings. The third-order valence-electron chi connectivity index (χ3n) is 3.31. The third-order valence-corrected chi connectivity index (χ3v) is 4.26. The summed E-state index contributed by atoms with van der Waals surface area (Å²) in [5.74, 6) is 1.02. The molecule has 8 heteroatoms. The van der Waals surface area contributed by atoms with Gasteiger partial charge in [-0.1, -0.05) is 0 Å². The first-order chi connectivity index (χ1) is 9.61. The van der Waals surface area contributed by atoms with Crippen LogP contribution in [-0.2, 0) is 14.3 Å². The zero-order chi connectivity index (χ0) is 14.5. The molecule has 2 aliphatic heterocycles. The average Bonchev–Trinajstić information content (AvgIpc) is 2.85. The van der Waals surface area contributed by atoms with Crippen LogP contribution >= 0.6 is 11.8 Å². The normalized spacial score (nSPS) is 19.4. The summed E-state index contributed by atoms with van der Waals surface area (Å²) < 4.78 is 4.93. The smallest absolute Gasteiger partial charge is 0.409 e. The van der Waals surface area contributed by atoms with Gasteiger partial charge in [-0.3, -0.25) is 9.59 Å². The summed E-state index contributed by atoms with van der Waals surface area (Å²) in [6, 6.07) is 0. The van der Waals surface area contributed by atoms with E-state index in [1.165, 1.54) is 11.8 Å². The van der Waals surface area contributed by atoms with Crippen molar-refractivity contribution in [1.82, 2.24) is 14.7 Å². The topological polar surface area (TPSA) is 70.2 Å². The minimum atomic E-state index is -0.328. The molecule has 0 radical (unpaired) electrons. The number of carbonyl (C=O) groups is 3. The minimum Gasteiger partial charge on any atom is -0.450 e. The molecule has 0 bridgehead atoms. The van der Waals surface area contributed by atoms with Gasteiger partial charge in [-0.05, 0) is 6.92 Å². The van der Waals surface area contributed by atoms with Crippen molar-refractivity contribution in [1.29, 1.82) is 0 Å². The Balaban J connectivity index is 1.77. The Hall–Kier alpha value is -1.44. The van der Waals surface area contributed by atoms with E-state index in [2.05, 4.69) is 0 Å². The highest BCUT2D eigenvalue weighted by Crippen LogP contribution is 2.15. The monoisotopic (exact) mass is 301 g/mol. The summed E-state index contributed by atoms with van der Waals surface area (Å²) >= 11 is 1.52. The van der Waals surface area contributed by atoms with Gasteiger partial charge in [0.25, 0.3) is 0 Å². The molecule has 0 aliphatic carbocycles. The van der Waals surface area contributed by atoms with Crippen LogP contribution in [0.2, 0.25) is 0 Å². The van der Waals surface area contributed by atoms with Crippen molar-refractivity contribution in [3.05, 3.63) is 0 Å². The molecule has 2 saturated heterocycles. The first kappa shape index (κ1) is 15.0. The summed E-state index contributed by atoms with van der Waals surface area (Å²) in [5, 5.41) is 0. The van der Waals surface area contributed by atoms with Gasteiger partial charge in [0.15, 0.2) is 0 Å². The number of amides is 3. The van der Waals surface area contributed by atoms with E-state index in [0.717, 1.165) is 0 Å². The van der Waals surface area contributed by atoms with E-state index in [1.807, 2.05) is 0 Å². The molecule has 2 rings (SSSR count). The molecule has 20 heavy (non-hydrogen) atoms. The Morgan fingerprint density at radius 2 is 1.85 bits per heavy atom. The number of rotatable bonds is 3. The van der Waals surface area contributed by atoms with Gasteiger partial charge in [0.2, 0.25) is 11.8 Å². The molecule has 112 valence electrons. The van der Waals surface area contributed by atoms with Crippen molar-refractivity contribution in [2.45, 2.75) is 6.92 Å². The largest absolute Gasteiger partial charge is 0.450 e. The lowest BCUT2D eigenvalue weighted by Crippen LogP contribution is -2.52. The van der Waals surface area contributed by atoms with Crippen LogP contribution in [0, 0.1) is 0 Å². The Bertz CT molecular complexity index is 396. The molecule has 0 spiro atoms. The maximum absolute atomic E-state index is 12.1. The Morgan fingerprint density at radius 1 is 1.20 bits per heavy atom. The van der Waals surface area contributed by atoms with Gasteiger partial charge in [0.1, 0.15) is 6.54 Å². The SMILES string of the molecule is CCOC(=O)N1CCN(C(=O)CN2CSCC2=O)CC1. The van der Waals surface area contributed by atoms with Crippen LogP contribution < -0.4 is 0 Å². The molecule has 7 nitrogen and oxygen atoms in total. The predicted octanol–water partition coefficient (Wildman–Crippen LogP) is -0.180. The molecule has 0 atom stereocenters. The molecule has 2 aliphatic rings. The van der Waals surface area contributed by atoms with Gasteiger partial charge in [0.05, 0.1) is 18.2 Å². The minimum absolute atomic E-state index is 0.0218. The van der Waals surface area contributed by atoms with Crippen molar-refractivity contribution < 1.29 is 19.1 Å². The number of ether oxygens (including phenoxy) is 1. The van der Waals surface area contributed by atoms with Crippen molar-refractivity contribution >= 4 is 29.7 Å². The summed E-state index contributed by atoms with van der Waals surface area (Å²) in [4.78, 5) is 40.0. The molecule has 0 saturated carbocycles. The molecule has 3 amide bonds. The Kier molecular flexibility index (Phi) is 5.11. The summed E-state index contributed by atoms with van der Waals surface area (Å²) in [6.07, 6.45) is -0.328. The number of hydrogen-bond donors (Lipinski definition) is 0. The van der Waals surface area contributed by atoms with Gasteiger partial charge in [-0.25, -0.2) is 4.79 Å². The molecular formula is C12H19N3O4S. The highest BCUT2D eigenvalue weighted by Gasteiger charge is 2.28. The highest BCUT2D eigenvalue weighted by atomic mass is 32.2. The van der Waals surface area contributed by atoms with E-state index < -0.39 is 0 Å². The fraction of sp³-hybridized carbons (Fsp3) is 0.750. The Morgan fingerprint density at radius 3 is 2.40 bits per heavy atom. The number of carbonyl (C=O) groups excluding carboxylic acids is 3. The second-order valence-corrected chi connectivity index (χ2v) is 5.59. The third kappa shape index (κ3) is 3.56. The van der Waals surface area contributed by atoms with E-state index >= 15 is 0 Å². The molecule has 2 fully saturated rings. The van der Waals surface area contributed by atoms with Crippen LogP contribution in [0.4, 0.5) is 4.79 Å². The number of hydrogen-bond acceptors (Lipinski definition) is 5. The second kappa shape index (κ2) is 6.83. The van der Waals surface area contributed by atoms with Gasteiger partial charge < -0.3 is 19.4 Å². The molecule has 0 N–H and O–H groups in total. The van der Waals surface area contributed by atoms with Crippen LogP contribution in [-0.4, -0.2) is 83.6 Å². The maximum atomic E-state index is 12.1. The molecule has 0 aromatic heterocycles. The van der Waals surface area contributed by atoms with Crippen molar-refractivity contribution in [3.8, 4) is 0 Å². The van der Waals surface area contributed by atoms with Gasteiger partial charge in [-0.15, -0.1) is 11.8 Å². The van der Waals surface area contributed by atoms with Crippen molar-refractivity contribution in [2.24, 2.45) is 0 Å².